The molecule has 0 saturated carbocycles. The summed E-state index contributed by atoms with van der Waals surface area (Å²) in [4.78, 5) is 59.3. The van der Waals surface area contributed by atoms with E-state index in [1.54, 1.807) is 9.80 Å². The second-order valence-corrected chi connectivity index (χ2v) is 15.3. The second-order valence-electron chi connectivity index (χ2n) is 12.0. The maximum atomic E-state index is 13.3. The van der Waals surface area contributed by atoms with Crippen molar-refractivity contribution in [3.8, 4) is 0 Å². The monoisotopic (exact) mass is 756 g/mol. The lowest BCUT2D eigenvalue weighted by atomic mass is 10.1. The van der Waals surface area contributed by atoms with Crippen molar-refractivity contribution in [2.75, 3.05) is 39.4 Å². The molecule has 0 spiro atoms. The highest BCUT2D eigenvalue weighted by atomic mass is 32.2. The number of carbonyl (C=O) groups excluding carboxylic acids is 4. The van der Waals surface area contributed by atoms with Gasteiger partial charge in [0.15, 0.2) is 0 Å². The number of benzene rings is 2. The molecule has 10 nitrogen and oxygen atoms in total. The molecule has 0 aromatic heterocycles. The van der Waals surface area contributed by atoms with E-state index in [1.807, 2.05) is 60.7 Å². The van der Waals surface area contributed by atoms with Gasteiger partial charge in [0.05, 0.1) is 23.0 Å². The molecule has 0 radical (unpaired) electrons. The van der Waals surface area contributed by atoms with Gasteiger partial charge in [-0.25, -0.2) is 0 Å². The van der Waals surface area contributed by atoms with Gasteiger partial charge in [0, 0.05) is 52.1 Å². The maximum Gasteiger partial charge on any atom is 0.267 e. The topological polar surface area (TPSA) is 122 Å². The predicted molar refractivity (Wildman–Crippen MR) is 206 cm³/mol. The minimum atomic E-state index is -0.296. The second kappa shape index (κ2) is 20.6. The van der Waals surface area contributed by atoms with E-state index in [0.29, 0.717) is 83.2 Å². The van der Waals surface area contributed by atoms with Crippen molar-refractivity contribution >= 4 is 80.2 Å². The number of carbonyl (C=O) groups is 4. The Morgan fingerprint density at radius 3 is 1.34 bits per heavy atom. The molecule has 2 aliphatic heterocycles. The van der Waals surface area contributed by atoms with Gasteiger partial charge in [-0.1, -0.05) is 121 Å². The highest BCUT2D eigenvalue weighted by Crippen LogP contribution is 2.42. The summed E-state index contributed by atoms with van der Waals surface area (Å²) < 4.78 is 0.797. The Morgan fingerprint density at radius 1 is 0.600 bits per heavy atom. The van der Waals surface area contributed by atoms with Crippen LogP contribution < -0.4 is 0 Å². The first-order valence-electron chi connectivity index (χ1n) is 16.9. The number of unbranched alkanes of at least 4 members (excludes halogenated alkanes) is 4. The van der Waals surface area contributed by atoms with Crippen molar-refractivity contribution in [1.29, 1.82) is 0 Å². The molecular weight excluding hydrogens is 713 g/mol. The van der Waals surface area contributed by atoms with Crippen LogP contribution in [0, 0.1) is 0 Å². The van der Waals surface area contributed by atoms with Gasteiger partial charge in [0.1, 0.15) is 8.64 Å². The van der Waals surface area contributed by atoms with Gasteiger partial charge in [0.2, 0.25) is 11.8 Å². The Bertz CT molecular complexity index is 1430. The summed E-state index contributed by atoms with van der Waals surface area (Å²) in [5.41, 5.74) is 2.01. The number of thiocarbonyl (C=S) groups is 2. The van der Waals surface area contributed by atoms with E-state index >= 15 is 0 Å². The van der Waals surface area contributed by atoms with Crippen molar-refractivity contribution in [1.82, 2.24) is 19.6 Å². The molecule has 268 valence electrons. The van der Waals surface area contributed by atoms with Crippen molar-refractivity contribution in [2.24, 2.45) is 0 Å². The minimum Gasteiger partial charge on any atom is -0.395 e. The Morgan fingerprint density at radius 2 is 0.980 bits per heavy atom. The zero-order chi connectivity index (χ0) is 35.9. The fourth-order valence-corrected chi connectivity index (χ4v) is 8.42. The van der Waals surface area contributed by atoms with Gasteiger partial charge in [0.25, 0.3) is 11.8 Å². The number of hydrogen-bond acceptors (Lipinski definition) is 10. The fraction of sp³-hybridized carbons (Fsp3) is 0.444. The molecule has 2 saturated heterocycles. The van der Waals surface area contributed by atoms with E-state index in [9.17, 15) is 29.4 Å². The van der Waals surface area contributed by atoms with Crippen LogP contribution in [0.25, 0.3) is 0 Å². The molecule has 2 aromatic rings. The number of aliphatic hydroxyl groups excluding tert-OH is 2. The molecule has 50 heavy (non-hydrogen) atoms. The third-order valence-electron chi connectivity index (χ3n) is 8.33. The highest BCUT2D eigenvalue weighted by molar-refractivity contribution is 8.29. The molecule has 14 heteroatoms. The molecule has 2 heterocycles. The third-order valence-corrected chi connectivity index (χ3v) is 11.4. The van der Waals surface area contributed by atoms with E-state index in [2.05, 4.69) is 0 Å². The number of nitrogens with zero attached hydrogens (tertiary/aromatic N) is 4. The molecule has 2 aliphatic rings. The summed E-state index contributed by atoms with van der Waals surface area (Å²) >= 11 is 13.2. The summed E-state index contributed by atoms with van der Waals surface area (Å²) in [6.45, 7) is 2.04. The van der Waals surface area contributed by atoms with E-state index in [1.165, 1.54) is 9.80 Å². The van der Waals surface area contributed by atoms with Crippen LogP contribution in [0.4, 0.5) is 0 Å². The van der Waals surface area contributed by atoms with Gasteiger partial charge < -0.3 is 20.0 Å². The number of amides is 4. The molecule has 2 aromatic carbocycles. The summed E-state index contributed by atoms with van der Waals surface area (Å²) in [7, 11) is 0. The predicted octanol–water partition coefficient (Wildman–Crippen LogP) is 5.08. The van der Waals surface area contributed by atoms with Crippen LogP contribution in [-0.2, 0) is 32.3 Å². The van der Waals surface area contributed by atoms with E-state index in [-0.39, 0.29) is 49.9 Å². The maximum absolute atomic E-state index is 13.3. The van der Waals surface area contributed by atoms with Crippen LogP contribution in [-0.4, -0.2) is 101 Å². The number of thioether (sulfide) groups is 2. The molecule has 0 unspecified atom stereocenters. The van der Waals surface area contributed by atoms with Gasteiger partial charge in [-0.05, 0) is 36.8 Å². The molecule has 4 amide bonds. The molecule has 4 rings (SSSR count). The first-order chi connectivity index (χ1) is 24.2. The Kier molecular flexibility index (Phi) is 16.4. The van der Waals surface area contributed by atoms with E-state index in [4.69, 9.17) is 24.4 Å². The van der Waals surface area contributed by atoms with Gasteiger partial charge in [-0.3, -0.25) is 29.0 Å². The first kappa shape index (κ1) is 39.6. The summed E-state index contributed by atoms with van der Waals surface area (Å²) in [5, 5.41) is 18.9. The summed E-state index contributed by atoms with van der Waals surface area (Å²) in [6, 6.07) is 19.3. The summed E-state index contributed by atoms with van der Waals surface area (Å²) in [6.07, 6.45) is 4.73. The van der Waals surface area contributed by atoms with Crippen LogP contribution in [0.5, 0.6) is 0 Å². The molecule has 2 fully saturated rings. The largest absolute Gasteiger partial charge is 0.395 e. The lowest BCUT2D eigenvalue weighted by Crippen LogP contribution is -2.33. The number of rotatable bonds is 20. The Hall–Kier alpha value is -3.14. The van der Waals surface area contributed by atoms with Crippen molar-refractivity contribution in [2.45, 2.75) is 64.5 Å². The Balaban J connectivity index is 1.19. The standard InChI is InChI=1S/C36H44N4O6S4/c41-23-21-37(25-27-13-5-1-6-14-27)29(43)17-9-3-11-19-39-33(45)31(49-35(39)47)32-34(46)40(36(48)50-32)20-12-4-10-18-30(44)38(22-24-42)26-28-15-7-2-8-16-28/h1-2,5-8,13-16,41-42H,3-4,9-12,17-26H2. The van der Waals surface area contributed by atoms with Crippen LogP contribution >= 0.6 is 48.0 Å². The van der Waals surface area contributed by atoms with Crippen molar-refractivity contribution in [3.63, 3.8) is 0 Å². The van der Waals surface area contributed by atoms with Crippen LogP contribution in [0.1, 0.15) is 62.5 Å². The number of aliphatic hydroxyl groups is 2. The van der Waals surface area contributed by atoms with Crippen LogP contribution in [0.15, 0.2) is 70.5 Å². The van der Waals surface area contributed by atoms with Crippen LogP contribution in [0.3, 0.4) is 0 Å². The molecule has 2 N–H and O–H groups in total. The van der Waals surface area contributed by atoms with Gasteiger partial charge >= 0.3 is 0 Å². The van der Waals surface area contributed by atoms with Crippen molar-refractivity contribution in [3.05, 3.63) is 81.6 Å². The fourth-order valence-electron chi connectivity index (χ4n) is 5.65. The lowest BCUT2D eigenvalue weighted by molar-refractivity contribution is -0.133. The normalized spacial score (nSPS) is 16.1. The number of hydrogen-bond donors (Lipinski definition) is 2. The molecule has 0 aliphatic carbocycles. The van der Waals surface area contributed by atoms with E-state index < -0.39 is 0 Å². The molecular formula is C36H44N4O6S4. The third kappa shape index (κ3) is 11.4. The highest BCUT2D eigenvalue weighted by Gasteiger charge is 2.41. The average molecular weight is 757 g/mol. The summed E-state index contributed by atoms with van der Waals surface area (Å²) in [5.74, 6) is -0.634. The minimum absolute atomic E-state index is 0.0208. The van der Waals surface area contributed by atoms with E-state index in [0.717, 1.165) is 47.5 Å². The van der Waals surface area contributed by atoms with Gasteiger partial charge in [-0.15, -0.1) is 0 Å². The smallest absolute Gasteiger partial charge is 0.267 e. The lowest BCUT2D eigenvalue weighted by Gasteiger charge is -2.22. The van der Waals surface area contributed by atoms with Crippen molar-refractivity contribution < 1.29 is 29.4 Å². The Labute approximate surface area is 313 Å². The zero-order valence-electron chi connectivity index (χ0n) is 28.0. The first-order valence-corrected chi connectivity index (χ1v) is 19.3. The average Bonchev–Trinajstić information content (AvgIpc) is 3.56. The quantitative estimate of drug-likeness (QED) is 0.108. The zero-order valence-corrected chi connectivity index (χ0v) is 31.3. The molecule has 0 atom stereocenters. The SMILES string of the molecule is O=C(CCCCCN1C(=O)C(=C2SC(=S)N(CCCCCC(=O)N(CCO)Cc3ccccc3)C2=O)SC1=S)N(CCO)Cc1ccccc1. The molecule has 0 bridgehead atoms. The van der Waals surface area contributed by atoms with Crippen LogP contribution in [0.2, 0.25) is 0 Å². The van der Waals surface area contributed by atoms with Gasteiger partial charge in [-0.2, -0.15) is 0 Å².